The average Bonchev–Trinajstić information content (AvgIpc) is 2.43. The Morgan fingerprint density at radius 3 is 2.65 bits per heavy atom. The summed E-state index contributed by atoms with van der Waals surface area (Å²) in [6.07, 6.45) is 1.28. The lowest BCUT2D eigenvalue weighted by molar-refractivity contribution is 0.102. The maximum absolute atomic E-state index is 12.1. The normalized spacial score (nSPS) is 9.90. The fourth-order valence-corrected chi connectivity index (χ4v) is 1.98. The van der Waals surface area contributed by atoms with Gasteiger partial charge >= 0.3 is 0 Å². The molecule has 0 saturated heterocycles. The lowest BCUT2D eigenvalue weighted by Gasteiger charge is -2.08. The number of nitriles is 1. The third kappa shape index (κ3) is 3.20. The topological polar surface area (TPSA) is 65.8 Å². The molecule has 0 radical (unpaired) electrons. The number of hydrogen-bond acceptors (Lipinski definition) is 3. The first kappa shape index (κ1) is 14.6. The van der Waals surface area contributed by atoms with Gasteiger partial charge in [0.05, 0.1) is 32.9 Å². The van der Waals surface area contributed by atoms with Crippen LogP contribution in [0.2, 0.25) is 15.2 Å². The standard InChI is InChI=1S/C13H6Cl3N3O/c14-9-2-1-7(5-17)3-11(9)19-13(20)8-4-12(16)18-6-10(8)15/h1-4,6H,(H,19,20). The van der Waals surface area contributed by atoms with Gasteiger partial charge in [-0.05, 0) is 24.3 Å². The van der Waals surface area contributed by atoms with E-state index in [1.54, 1.807) is 6.07 Å². The van der Waals surface area contributed by atoms with Gasteiger partial charge in [0, 0.05) is 6.20 Å². The summed E-state index contributed by atoms with van der Waals surface area (Å²) in [5, 5.41) is 12.0. The predicted molar refractivity (Wildman–Crippen MR) is 78.4 cm³/mol. The molecule has 0 fully saturated rings. The Bertz CT molecular complexity index is 725. The minimum atomic E-state index is -0.490. The molecule has 2 aromatic rings. The summed E-state index contributed by atoms with van der Waals surface area (Å²) >= 11 is 17.6. The van der Waals surface area contributed by atoms with Crippen molar-refractivity contribution in [2.75, 3.05) is 5.32 Å². The van der Waals surface area contributed by atoms with E-state index in [4.69, 9.17) is 40.1 Å². The van der Waals surface area contributed by atoms with Crippen LogP contribution in [-0.4, -0.2) is 10.9 Å². The molecule has 7 heteroatoms. The molecule has 100 valence electrons. The van der Waals surface area contributed by atoms with E-state index in [0.29, 0.717) is 16.3 Å². The second kappa shape index (κ2) is 6.10. The van der Waals surface area contributed by atoms with Crippen molar-refractivity contribution in [1.29, 1.82) is 5.26 Å². The number of carbonyl (C=O) groups excluding carboxylic acids is 1. The second-order valence-electron chi connectivity index (χ2n) is 3.75. The van der Waals surface area contributed by atoms with Gasteiger partial charge in [-0.25, -0.2) is 4.98 Å². The van der Waals surface area contributed by atoms with Crippen LogP contribution < -0.4 is 5.32 Å². The monoisotopic (exact) mass is 325 g/mol. The van der Waals surface area contributed by atoms with Gasteiger partial charge in [0.15, 0.2) is 0 Å². The predicted octanol–water partition coefficient (Wildman–Crippen LogP) is 4.17. The van der Waals surface area contributed by atoms with E-state index in [2.05, 4.69) is 10.3 Å². The third-order valence-corrected chi connectivity index (χ3v) is 3.25. The highest BCUT2D eigenvalue weighted by Crippen LogP contribution is 2.25. The number of nitrogens with zero attached hydrogens (tertiary/aromatic N) is 2. The van der Waals surface area contributed by atoms with Crippen molar-refractivity contribution in [2.45, 2.75) is 0 Å². The average molecular weight is 327 g/mol. The van der Waals surface area contributed by atoms with E-state index in [1.807, 2.05) is 6.07 Å². The van der Waals surface area contributed by atoms with Crippen LogP contribution >= 0.6 is 34.8 Å². The molecular weight excluding hydrogens is 321 g/mol. The molecule has 1 heterocycles. The molecule has 20 heavy (non-hydrogen) atoms. The summed E-state index contributed by atoms with van der Waals surface area (Å²) < 4.78 is 0. The third-order valence-electron chi connectivity index (χ3n) is 2.41. The summed E-state index contributed by atoms with van der Waals surface area (Å²) in [5.41, 5.74) is 0.869. The number of halogens is 3. The highest BCUT2D eigenvalue weighted by atomic mass is 35.5. The van der Waals surface area contributed by atoms with Gasteiger partial charge in [0.25, 0.3) is 5.91 Å². The Morgan fingerprint density at radius 2 is 1.95 bits per heavy atom. The van der Waals surface area contributed by atoms with E-state index in [9.17, 15) is 4.79 Å². The summed E-state index contributed by atoms with van der Waals surface area (Å²) in [6, 6.07) is 7.85. The Labute approximate surface area is 129 Å². The molecule has 0 unspecified atom stereocenters. The highest BCUT2D eigenvalue weighted by molar-refractivity contribution is 6.36. The first-order valence-corrected chi connectivity index (χ1v) is 6.46. The second-order valence-corrected chi connectivity index (χ2v) is 4.95. The number of hydrogen-bond donors (Lipinski definition) is 1. The molecule has 1 amide bonds. The maximum Gasteiger partial charge on any atom is 0.257 e. The summed E-state index contributed by atoms with van der Waals surface area (Å²) in [5.74, 6) is -0.490. The van der Waals surface area contributed by atoms with Gasteiger partial charge in [-0.15, -0.1) is 0 Å². The summed E-state index contributed by atoms with van der Waals surface area (Å²) in [7, 11) is 0. The van der Waals surface area contributed by atoms with E-state index < -0.39 is 5.91 Å². The summed E-state index contributed by atoms with van der Waals surface area (Å²) in [4.78, 5) is 15.9. The maximum atomic E-state index is 12.1. The summed E-state index contributed by atoms with van der Waals surface area (Å²) in [6.45, 7) is 0. The zero-order valence-corrected chi connectivity index (χ0v) is 12.1. The van der Waals surface area contributed by atoms with Crippen LogP contribution in [0.15, 0.2) is 30.5 Å². The number of rotatable bonds is 2. The van der Waals surface area contributed by atoms with E-state index in [-0.39, 0.29) is 15.7 Å². The van der Waals surface area contributed by atoms with Crippen molar-refractivity contribution in [1.82, 2.24) is 4.98 Å². The molecule has 0 atom stereocenters. The lowest BCUT2D eigenvalue weighted by atomic mass is 10.2. The molecular formula is C13H6Cl3N3O. The zero-order valence-electron chi connectivity index (χ0n) is 9.82. The van der Waals surface area contributed by atoms with Gasteiger partial charge in [-0.3, -0.25) is 4.79 Å². The quantitative estimate of drug-likeness (QED) is 0.842. The first-order valence-electron chi connectivity index (χ1n) is 5.33. The van der Waals surface area contributed by atoms with Gasteiger partial charge < -0.3 is 5.32 Å². The fraction of sp³-hybridized carbons (Fsp3) is 0. The number of anilines is 1. The van der Waals surface area contributed by atoms with Crippen molar-refractivity contribution in [2.24, 2.45) is 0 Å². The Hall–Kier alpha value is -1.80. The van der Waals surface area contributed by atoms with Gasteiger partial charge in [0.1, 0.15) is 5.15 Å². The van der Waals surface area contributed by atoms with Crippen LogP contribution in [0.5, 0.6) is 0 Å². The van der Waals surface area contributed by atoms with Crippen LogP contribution in [0.1, 0.15) is 15.9 Å². The molecule has 4 nitrogen and oxygen atoms in total. The molecule has 1 aromatic heterocycles. The number of benzene rings is 1. The highest BCUT2D eigenvalue weighted by Gasteiger charge is 2.13. The van der Waals surface area contributed by atoms with Crippen LogP contribution in [0.25, 0.3) is 0 Å². The van der Waals surface area contributed by atoms with Crippen LogP contribution in [-0.2, 0) is 0 Å². The number of pyridine rings is 1. The molecule has 0 bridgehead atoms. The van der Waals surface area contributed by atoms with Gasteiger partial charge in [0.2, 0.25) is 0 Å². The Balaban J connectivity index is 2.33. The van der Waals surface area contributed by atoms with Gasteiger partial charge in [-0.1, -0.05) is 34.8 Å². The molecule has 0 spiro atoms. The SMILES string of the molecule is N#Cc1ccc(Cl)c(NC(=O)c2cc(Cl)ncc2Cl)c1. The van der Waals surface area contributed by atoms with E-state index in [0.717, 1.165) is 0 Å². The molecule has 0 saturated carbocycles. The number of aromatic nitrogens is 1. The smallest absolute Gasteiger partial charge is 0.257 e. The van der Waals surface area contributed by atoms with E-state index >= 15 is 0 Å². The molecule has 1 aromatic carbocycles. The molecule has 1 N–H and O–H groups in total. The van der Waals surface area contributed by atoms with Crippen LogP contribution in [0.3, 0.4) is 0 Å². The zero-order chi connectivity index (χ0) is 14.7. The number of carbonyl (C=O) groups is 1. The van der Waals surface area contributed by atoms with Crippen molar-refractivity contribution >= 4 is 46.4 Å². The van der Waals surface area contributed by atoms with Gasteiger partial charge in [-0.2, -0.15) is 5.26 Å². The number of nitrogens with one attached hydrogen (secondary N) is 1. The molecule has 2 rings (SSSR count). The fourth-order valence-electron chi connectivity index (χ4n) is 1.47. The van der Waals surface area contributed by atoms with Crippen LogP contribution in [0, 0.1) is 11.3 Å². The van der Waals surface area contributed by atoms with E-state index in [1.165, 1.54) is 24.4 Å². The minimum Gasteiger partial charge on any atom is -0.321 e. The molecule has 0 aliphatic rings. The van der Waals surface area contributed by atoms with Crippen molar-refractivity contribution in [3.8, 4) is 6.07 Å². The Kier molecular flexibility index (Phi) is 4.46. The first-order chi connectivity index (χ1) is 9.51. The number of amides is 1. The van der Waals surface area contributed by atoms with Crippen molar-refractivity contribution < 1.29 is 4.79 Å². The molecule has 0 aliphatic heterocycles. The lowest BCUT2D eigenvalue weighted by Crippen LogP contribution is -2.13. The largest absolute Gasteiger partial charge is 0.321 e. The minimum absolute atomic E-state index is 0.149. The molecule has 0 aliphatic carbocycles. The Morgan fingerprint density at radius 1 is 1.20 bits per heavy atom. The van der Waals surface area contributed by atoms with Crippen molar-refractivity contribution in [3.63, 3.8) is 0 Å². The van der Waals surface area contributed by atoms with Crippen LogP contribution in [0.4, 0.5) is 5.69 Å². The van der Waals surface area contributed by atoms with Crippen molar-refractivity contribution in [3.05, 3.63) is 56.8 Å².